The number of rotatable bonds is 4. The molecule has 1 aromatic rings. The summed E-state index contributed by atoms with van der Waals surface area (Å²) in [6, 6.07) is 0.243. The number of nitrogens with two attached hydrogens (primary N) is 1. The Hall–Kier alpha value is -1.43. The van der Waals surface area contributed by atoms with Crippen LogP contribution in [-0.2, 0) is 0 Å². The van der Waals surface area contributed by atoms with Crippen LogP contribution in [0.25, 0.3) is 0 Å². The van der Waals surface area contributed by atoms with E-state index >= 15 is 0 Å². The molecule has 106 valence electrons. The Kier molecular flexibility index (Phi) is 4.52. The second-order valence-corrected chi connectivity index (χ2v) is 5.42. The van der Waals surface area contributed by atoms with Crippen molar-refractivity contribution in [1.82, 2.24) is 20.1 Å². The molecule has 2 rings (SSSR count). The van der Waals surface area contributed by atoms with Gasteiger partial charge in [0.1, 0.15) is 5.82 Å². The molecular formula is C13H23N5O. The highest BCUT2D eigenvalue weighted by Gasteiger charge is 2.29. The first-order valence-electron chi connectivity index (χ1n) is 7.06. The van der Waals surface area contributed by atoms with Crippen molar-refractivity contribution in [2.75, 3.05) is 13.1 Å². The largest absolute Gasteiger partial charge is 0.333 e. The molecule has 1 unspecified atom stereocenters. The SMILES string of the molecule is CC(C)c1nc(C(=O)N2CCCCC2CCN)n[nH]1. The molecule has 1 aromatic heterocycles. The van der Waals surface area contributed by atoms with Crippen molar-refractivity contribution in [3.8, 4) is 0 Å². The molecule has 1 saturated heterocycles. The van der Waals surface area contributed by atoms with Gasteiger partial charge in [0.25, 0.3) is 5.91 Å². The maximum absolute atomic E-state index is 12.5. The first-order valence-corrected chi connectivity index (χ1v) is 7.06. The topological polar surface area (TPSA) is 87.9 Å². The van der Waals surface area contributed by atoms with Crippen LogP contribution in [0.5, 0.6) is 0 Å². The minimum absolute atomic E-state index is 0.0682. The Morgan fingerprint density at radius 1 is 1.53 bits per heavy atom. The zero-order chi connectivity index (χ0) is 13.8. The molecule has 1 atom stereocenters. The molecule has 1 fully saturated rings. The number of hydrogen-bond donors (Lipinski definition) is 2. The van der Waals surface area contributed by atoms with Gasteiger partial charge in [-0.1, -0.05) is 13.8 Å². The number of aromatic amines is 1. The number of carbonyl (C=O) groups excluding carboxylic acids is 1. The minimum atomic E-state index is -0.0682. The predicted molar refractivity (Wildman–Crippen MR) is 72.8 cm³/mol. The van der Waals surface area contributed by atoms with Crippen molar-refractivity contribution >= 4 is 5.91 Å². The van der Waals surface area contributed by atoms with Gasteiger partial charge in [-0.05, 0) is 32.2 Å². The molecule has 3 N–H and O–H groups in total. The molecule has 0 aromatic carbocycles. The van der Waals surface area contributed by atoms with Crippen molar-refractivity contribution in [1.29, 1.82) is 0 Å². The van der Waals surface area contributed by atoms with Crippen molar-refractivity contribution in [3.05, 3.63) is 11.6 Å². The molecule has 1 aliphatic heterocycles. The Morgan fingerprint density at radius 3 is 2.95 bits per heavy atom. The predicted octanol–water partition coefficient (Wildman–Crippen LogP) is 1.27. The van der Waals surface area contributed by atoms with Gasteiger partial charge in [-0.15, -0.1) is 5.10 Å². The molecule has 2 heterocycles. The standard InChI is InChI=1S/C13H23N5O/c1-9(2)11-15-12(17-16-11)13(19)18-8-4-3-5-10(18)6-7-14/h9-10H,3-8,14H2,1-2H3,(H,15,16,17). The maximum atomic E-state index is 12.5. The molecule has 1 aliphatic rings. The minimum Gasteiger partial charge on any atom is -0.333 e. The molecule has 19 heavy (non-hydrogen) atoms. The lowest BCUT2D eigenvalue weighted by Crippen LogP contribution is -2.45. The molecule has 0 radical (unpaired) electrons. The maximum Gasteiger partial charge on any atom is 0.293 e. The van der Waals surface area contributed by atoms with Crippen LogP contribution in [0.1, 0.15) is 61.9 Å². The zero-order valence-electron chi connectivity index (χ0n) is 11.7. The van der Waals surface area contributed by atoms with Crippen LogP contribution >= 0.6 is 0 Å². The molecule has 6 heteroatoms. The van der Waals surface area contributed by atoms with E-state index in [1.54, 1.807) is 0 Å². The summed E-state index contributed by atoms with van der Waals surface area (Å²) < 4.78 is 0. The summed E-state index contributed by atoms with van der Waals surface area (Å²) >= 11 is 0. The molecule has 0 spiro atoms. The number of hydrogen-bond acceptors (Lipinski definition) is 4. The molecule has 0 bridgehead atoms. The van der Waals surface area contributed by atoms with Gasteiger partial charge < -0.3 is 10.6 Å². The van der Waals surface area contributed by atoms with Crippen molar-refractivity contribution < 1.29 is 4.79 Å². The van der Waals surface area contributed by atoms with E-state index in [1.165, 1.54) is 6.42 Å². The van der Waals surface area contributed by atoms with Crippen LogP contribution in [-0.4, -0.2) is 45.1 Å². The van der Waals surface area contributed by atoms with E-state index in [0.717, 1.165) is 31.6 Å². The normalized spacial score (nSPS) is 20.0. The van der Waals surface area contributed by atoms with E-state index in [2.05, 4.69) is 15.2 Å². The quantitative estimate of drug-likeness (QED) is 0.858. The third-order valence-electron chi connectivity index (χ3n) is 3.63. The van der Waals surface area contributed by atoms with Gasteiger partial charge in [0, 0.05) is 18.5 Å². The highest BCUT2D eigenvalue weighted by Crippen LogP contribution is 2.21. The summed E-state index contributed by atoms with van der Waals surface area (Å²) in [5, 5.41) is 6.89. The van der Waals surface area contributed by atoms with Gasteiger partial charge in [-0.3, -0.25) is 9.89 Å². The van der Waals surface area contributed by atoms with E-state index in [-0.39, 0.29) is 23.7 Å². The fourth-order valence-corrected chi connectivity index (χ4v) is 2.52. The van der Waals surface area contributed by atoms with E-state index in [9.17, 15) is 4.79 Å². The smallest absolute Gasteiger partial charge is 0.293 e. The summed E-state index contributed by atoms with van der Waals surface area (Å²) in [6.45, 7) is 5.44. The average Bonchev–Trinajstić information content (AvgIpc) is 2.89. The van der Waals surface area contributed by atoms with Crippen LogP contribution in [0.4, 0.5) is 0 Å². The van der Waals surface area contributed by atoms with Crippen LogP contribution in [0, 0.1) is 0 Å². The Morgan fingerprint density at radius 2 is 2.32 bits per heavy atom. The summed E-state index contributed by atoms with van der Waals surface area (Å²) in [6.07, 6.45) is 4.10. The molecule has 0 saturated carbocycles. The lowest BCUT2D eigenvalue weighted by molar-refractivity contribution is 0.0592. The number of likely N-dealkylation sites (tertiary alicyclic amines) is 1. The van der Waals surface area contributed by atoms with Gasteiger partial charge in [-0.2, -0.15) is 0 Å². The first kappa shape index (κ1) is 14.0. The zero-order valence-corrected chi connectivity index (χ0v) is 11.7. The first-order chi connectivity index (χ1) is 9.13. The molecule has 1 amide bonds. The highest BCUT2D eigenvalue weighted by molar-refractivity contribution is 5.90. The summed E-state index contributed by atoms with van der Waals surface area (Å²) in [5.41, 5.74) is 5.63. The van der Waals surface area contributed by atoms with E-state index in [0.29, 0.717) is 6.54 Å². The number of piperidine rings is 1. The second-order valence-electron chi connectivity index (χ2n) is 5.42. The fraction of sp³-hybridized carbons (Fsp3) is 0.769. The number of H-pyrrole nitrogens is 1. The number of nitrogens with zero attached hydrogens (tertiary/aromatic N) is 3. The fourth-order valence-electron chi connectivity index (χ4n) is 2.52. The summed E-state index contributed by atoms with van der Waals surface area (Å²) in [4.78, 5) is 18.6. The summed E-state index contributed by atoms with van der Waals surface area (Å²) in [7, 11) is 0. The number of aromatic nitrogens is 3. The van der Waals surface area contributed by atoms with Gasteiger partial charge >= 0.3 is 0 Å². The Bertz CT molecular complexity index is 426. The molecular weight excluding hydrogens is 242 g/mol. The van der Waals surface area contributed by atoms with Gasteiger partial charge in [-0.25, -0.2) is 4.98 Å². The van der Waals surface area contributed by atoms with Gasteiger partial charge in [0.05, 0.1) is 0 Å². The van der Waals surface area contributed by atoms with Gasteiger partial charge in [0.15, 0.2) is 0 Å². The van der Waals surface area contributed by atoms with E-state index < -0.39 is 0 Å². The summed E-state index contributed by atoms with van der Waals surface area (Å²) in [5.74, 6) is 1.22. The number of carbonyl (C=O) groups is 1. The number of nitrogens with one attached hydrogen (secondary N) is 1. The third kappa shape index (κ3) is 3.12. The van der Waals surface area contributed by atoms with E-state index in [1.807, 2.05) is 18.7 Å². The van der Waals surface area contributed by atoms with E-state index in [4.69, 9.17) is 5.73 Å². The van der Waals surface area contributed by atoms with Crippen LogP contribution in [0.15, 0.2) is 0 Å². The van der Waals surface area contributed by atoms with Crippen LogP contribution < -0.4 is 5.73 Å². The van der Waals surface area contributed by atoms with Gasteiger partial charge in [0.2, 0.25) is 5.82 Å². The van der Waals surface area contributed by atoms with Crippen LogP contribution in [0.2, 0.25) is 0 Å². The van der Waals surface area contributed by atoms with Crippen molar-refractivity contribution in [3.63, 3.8) is 0 Å². The third-order valence-corrected chi connectivity index (χ3v) is 3.63. The lowest BCUT2D eigenvalue weighted by atomic mass is 9.99. The van der Waals surface area contributed by atoms with Crippen LogP contribution in [0.3, 0.4) is 0 Å². The Balaban J connectivity index is 2.11. The van der Waals surface area contributed by atoms with Crippen molar-refractivity contribution in [2.45, 2.75) is 51.5 Å². The lowest BCUT2D eigenvalue weighted by Gasteiger charge is -2.34. The molecule has 0 aliphatic carbocycles. The second kappa shape index (κ2) is 6.14. The monoisotopic (exact) mass is 265 g/mol. The molecule has 6 nitrogen and oxygen atoms in total. The average molecular weight is 265 g/mol. The number of amides is 1. The van der Waals surface area contributed by atoms with Crippen molar-refractivity contribution in [2.24, 2.45) is 5.73 Å². The Labute approximate surface area is 113 Å². The highest BCUT2D eigenvalue weighted by atomic mass is 16.2.